The van der Waals surface area contributed by atoms with E-state index in [1.807, 2.05) is 0 Å². The highest BCUT2D eigenvalue weighted by molar-refractivity contribution is 8.16. The van der Waals surface area contributed by atoms with E-state index in [9.17, 15) is 18.0 Å². The van der Waals surface area contributed by atoms with Gasteiger partial charge in [0.15, 0.2) is 15.0 Å². The minimum atomic E-state index is -3.15. The van der Waals surface area contributed by atoms with Crippen LogP contribution in [0.4, 0.5) is 10.5 Å². The molecule has 2 aliphatic heterocycles. The fraction of sp³-hybridized carbons (Fsp3) is 0.526. The SMILES string of the molecule is COc1ccc(N2C(=NC(=O)CNC(=O)OC(C)(C)C)S[C@H]3CS(=O)(=O)C[C@@H]32)cc1. The molecule has 0 bridgehead atoms. The lowest BCUT2D eigenvalue weighted by Gasteiger charge is -2.24. The van der Waals surface area contributed by atoms with Crippen LogP contribution < -0.4 is 15.0 Å². The molecule has 0 saturated carbocycles. The second-order valence-corrected chi connectivity index (χ2v) is 11.4. The molecule has 2 heterocycles. The van der Waals surface area contributed by atoms with E-state index in [1.54, 1.807) is 57.0 Å². The zero-order valence-electron chi connectivity index (χ0n) is 17.2. The summed E-state index contributed by atoms with van der Waals surface area (Å²) in [6.07, 6.45) is -0.704. The van der Waals surface area contributed by atoms with Crippen LogP contribution >= 0.6 is 11.8 Å². The minimum Gasteiger partial charge on any atom is -0.497 e. The number of carbonyl (C=O) groups excluding carboxylic acids is 2. The van der Waals surface area contributed by atoms with Crippen LogP contribution in [0.15, 0.2) is 29.3 Å². The first-order valence-corrected chi connectivity index (χ1v) is 12.1. The molecular formula is C19H25N3O6S2. The number of carbonyl (C=O) groups is 2. The number of rotatable bonds is 4. The average Bonchev–Trinajstić information content (AvgIpc) is 3.09. The van der Waals surface area contributed by atoms with Crippen molar-refractivity contribution in [2.45, 2.75) is 37.7 Å². The molecule has 1 aromatic carbocycles. The predicted octanol–water partition coefficient (Wildman–Crippen LogP) is 1.82. The number of anilines is 1. The minimum absolute atomic E-state index is 0.0000644. The Morgan fingerprint density at radius 3 is 2.50 bits per heavy atom. The number of benzene rings is 1. The Morgan fingerprint density at radius 2 is 1.90 bits per heavy atom. The summed E-state index contributed by atoms with van der Waals surface area (Å²) in [6.45, 7) is 4.86. The van der Waals surface area contributed by atoms with E-state index >= 15 is 0 Å². The number of hydrogen-bond acceptors (Lipinski definition) is 7. The van der Waals surface area contributed by atoms with Gasteiger partial charge in [0.1, 0.15) is 17.9 Å². The summed E-state index contributed by atoms with van der Waals surface area (Å²) in [6, 6.07) is 6.82. The van der Waals surface area contributed by atoms with Crippen LogP contribution in [0.5, 0.6) is 5.75 Å². The third kappa shape index (κ3) is 5.45. The van der Waals surface area contributed by atoms with Crippen LogP contribution in [0.1, 0.15) is 20.8 Å². The van der Waals surface area contributed by atoms with Gasteiger partial charge in [-0.05, 0) is 45.0 Å². The first-order chi connectivity index (χ1) is 14.0. The molecule has 2 fully saturated rings. The van der Waals surface area contributed by atoms with Crippen LogP contribution in [-0.2, 0) is 19.4 Å². The number of ether oxygens (including phenoxy) is 2. The number of hydrogen-bond donors (Lipinski definition) is 1. The number of alkyl carbamates (subject to hydrolysis) is 1. The average molecular weight is 456 g/mol. The largest absolute Gasteiger partial charge is 0.497 e. The van der Waals surface area contributed by atoms with Gasteiger partial charge in [-0.15, -0.1) is 0 Å². The molecule has 2 atom stereocenters. The maximum Gasteiger partial charge on any atom is 0.408 e. The Balaban J connectivity index is 1.78. The van der Waals surface area contributed by atoms with Crippen molar-refractivity contribution in [2.24, 2.45) is 4.99 Å². The van der Waals surface area contributed by atoms with Gasteiger partial charge in [-0.25, -0.2) is 13.2 Å². The maximum absolute atomic E-state index is 12.4. The van der Waals surface area contributed by atoms with E-state index in [-0.39, 0.29) is 29.3 Å². The second kappa shape index (κ2) is 8.46. The summed E-state index contributed by atoms with van der Waals surface area (Å²) in [4.78, 5) is 30.0. The molecule has 9 nitrogen and oxygen atoms in total. The number of aliphatic imine (C=N–C) groups is 1. The maximum atomic E-state index is 12.4. The van der Waals surface area contributed by atoms with E-state index in [4.69, 9.17) is 9.47 Å². The molecule has 0 spiro atoms. The van der Waals surface area contributed by atoms with Gasteiger partial charge in [0.25, 0.3) is 5.91 Å². The number of amidine groups is 1. The molecule has 0 unspecified atom stereocenters. The predicted molar refractivity (Wildman–Crippen MR) is 116 cm³/mol. The summed E-state index contributed by atoms with van der Waals surface area (Å²) in [7, 11) is -1.59. The Bertz CT molecular complexity index is 953. The van der Waals surface area contributed by atoms with Crippen molar-refractivity contribution in [1.82, 2.24) is 5.32 Å². The molecule has 11 heteroatoms. The molecule has 0 aromatic heterocycles. The smallest absolute Gasteiger partial charge is 0.408 e. The Morgan fingerprint density at radius 1 is 1.23 bits per heavy atom. The number of methoxy groups -OCH3 is 1. The molecule has 0 radical (unpaired) electrons. The Labute approximate surface area is 180 Å². The van der Waals surface area contributed by atoms with Crippen molar-refractivity contribution in [3.63, 3.8) is 0 Å². The normalized spacial score (nSPS) is 23.9. The molecule has 0 aliphatic carbocycles. The summed E-state index contributed by atoms with van der Waals surface area (Å²) < 4.78 is 34.5. The van der Waals surface area contributed by atoms with Gasteiger partial charge in [-0.3, -0.25) is 4.79 Å². The highest BCUT2D eigenvalue weighted by Gasteiger charge is 2.49. The second-order valence-electron chi connectivity index (χ2n) is 8.01. The number of amides is 2. The van der Waals surface area contributed by atoms with E-state index < -0.39 is 27.4 Å². The Kier molecular flexibility index (Phi) is 6.32. The molecule has 1 aromatic rings. The van der Waals surface area contributed by atoms with E-state index in [0.29, 0.717) is 10.9 Å². The van der Waals surface area contributed by atoms with Gasteiger partial charge < -0.3 is 19.7 Å². The van der Waals surface area contributed by atoms with E-state index in [0.717, 1.165) is 5.69 Å². The van der Waals surface area contributed by atoms with Crippen LogP contribution in [0.2, 0.25) is 0 Å². The van der Waals surface area contributed by atoms with Crippen LogP contribution in [0.25, 0.3) is 0 Å². The van der Waals surface area contributed by atoms with Gasteiger partial charge in [0.05, 0.1) is 24.7 Å². The lowest BCUT2D eigenvalue weighted by molar-refractivity contribution is -0.117. The molecular weight excluding hydrogens is 430 g/mol. The molecule has 164 valence electrons. The number of nitrogens with zero attached hydrogens (tertiary/aromatic N) is 2. The molecule has 1 N–H and O–H groups in total. The molecule has 3 rings (SSSR count). The highest BCUT2D eigenvalue weighted by Crippen LogP contribution is 2.41. The highest BCUT2D eigenvalue weighted by atomic mass is 32.2. The number of sulfone groups is 1. The van der Waals surface area contributed by atoms with E-state index in [1.165, 1.54) is 11.8 Å². The summed E-state index contributed by atoms with van der Waals surface area (Å²) in [5.41, 5.74) is 0.0496. The number of nitrogens with one attached hydrogen (secondary N) is 1. The van der Waals surface area contributed by atoms with Crippen molar-refractivity contribution >= 4 is 44.5 Å². The first kappa shape index (κ1) is 22.4. The standard InChI is InChI=1S/C19H25N3O6S2/c1-19(2,3)28-18(24)20-9-16(23)21-17-22(12-5-7-13(27-4)8-6-12)14-10-30(25,26)11-15(14)29-17/h5-8,14-15H,9-11H2,1-4H3,(H,20,24)/t14-,15-/m0/s1. The van der Waals surface area contributed by atoms with Gasteiger partial charge in [0.2, 0.25) is 0 Å². The van der Waals surface area contributed by atoms with Crippen LogP contribution in [0, 0.1) is 0 Å². The third-order valence-corrected chi connectivity index (χ3v) is 7.63. The summed E-state index contributed by atoms with van der Waals surface area (Å²) in [5, 5.41) is 2.60. The zero-order valence-corrected chi connectivity index (χ0v) is 18.9. The fourth-order valence-electron chi connectivity index (χ4n) is 3.22. The van der Waals surface area contributed by atoms with Gasteiger partial charge >= 0.3 is 6.09 Å². The Hall–Kier alpha value is -2.27. The van der Waals surface area contributed by atoms with Crippen molar-refractivity contribution < 1.29 is 27.5 Å². The lowest BCUT2D eigenvalue weighted by Crippen LogP contribution is -2.38. The topological polar surface area (TPSA) is 114 Å². The zero-order chi connectivity index (χ0) is 22.1. The van der Waals surface area contributed by atoms with Crippen molar-refractivity contribution in [2.75, 3.05) is 30.1 Å². The molecule has 2 saturated heterocycles. The number of thioether (sulfide) groups is 1. The van der Waals surface area contributed by atoms with Crippen LogP contribution in [0.3, 0.4) is 0 Å². The van der Waals surface area contributed by atoms with Crippen molar-refractivity contribution in [3.05, 3.63) is 24.3 Å². The number of fused-ring (bicyclic) bond motifs is 1. The first-order valence-electron chi connectivity index (χ1n) is 9.36. The summed E-state index contributed by atoms with van der Waals surface area (Å²) in [5.74, 6) is 0.153. The third-order valence-electron chi connectivity index (χ3n) is 4.42. The molecule has 2 amide bonds. The summed E-state index contributed by atoms with van der Waals surface area (Å²) >= 11 is 1.27. The van der Waals surface area contributed by atoms with Gasteiger partial charge in [0, 0.05) is 10.9 Å². The van der Waals surface area contributed by atoms with E-state index in [2.05, 4.69) is 10.3 Å². The van der Waals surface area contributed by atoms with Crippen LogP contribution in [-0.4, -0.2) is 67.6 Å². The monoisotopic (exact) mass is 455 g/mol. The lowest BCUT2D eigenvalue weighted by atomic mass is 10.2. The quantitative estimate of drug-likeness (QED) is 0.731. The van der Waals surface area contributed by atoms with Gasteiger partial charge in [-0.1, -0.05) is 11.8 Å². The van der Waals surface area contributed by atoms with Gasteiger partial charge in [-0.2, -0.15) is 4.99 Å². The van der Waals surface area contributed by atoms with Crippen molar-refractivity contribution in [1.29, 1.82) is 0 Å². The fourth-order valence-corrected chi connectivity index (χ4v) is 7.15. The van der Waals surface area contributed by atoms with Crippen molar-refractivity contribution in [3.8, 4) is 5.75 Å². The molecule has 2 aliphatic rings. The molecule has 30 heavy (non-hydrogen) atoms.